The normalized spacial score (nSPS) is 17.5. The Morgan fingerprint density at radius 1 is 1.07 bits per heavy atom. The average Bonchev–Trinajstić information content (AvgIpc) is 3.62. The monoisotopic (exact) mass is 818 g/mol. The molecule has 0 radical (unpaired) electrons. The number of carbonyl (C=O) groups is 1. The first-order chi connectivity index (χ1) is 25.3. The Hall–Kier alpha value is -2.66. The fourth-order valence-corrected chi connectivity index (χ4v) is 7.03. The minimum Gasteiger partial charge on any atom is -0.790 e. The van der Waals surface area contributed by atoms with Gasteiger partial charge in [-0.15, -0.1) is 11.8 Å². The number of nitrogens with zero attached hydrogens (tertiary/aromatic N) is 4. The van der Waals surface area contributed by atoms with E-state index < -0.39 is 71.6 Å². The number of rotatable bonds is 14. The third-order valence-corrected chi connectivity index (χ3v) is 9.81. The van der Waals surface area contributed by atoms with E-state index in [1.165, 1.54) is 47.3 Å². The Bertz CT molecular complexity index is 2080. The van der Waals surface area contributed by atoms with E-state index in [0.717, 1.165) is 36.4 Å². The van der Waals surface area contributed by atoms with Gasteiger partial charge in [0.1, 0.15) is 35.9 Å². The van der Waals surface area contributed by atoms with E-state index in [9.17, 15) is 32.3 Å². The first kappa shape index (κ1) is 46.7. The van der Waals surface area contributed by atoms with Crippen molar-refractivity contribution >= 4 is 31.6 Å². The molecule has 55 heavy (non-hydrogen) atoms. The summed E-state index contributed by atoms with van der Waals surface area (Å²) in [5.41, 5.74) is -2.51. The van der Waals surface area contributed by atoms with Gasteiger partial charge in [-0.05, 0) is 61.0 Å². The number of hydrogen-bond donors (Lipinski definition) is 0. The van der Waals surface area contributed by atoms with Crippen LogP contribution in [0.25, 0.3) is 6.08 Å². The first-order valence-electron chi connectivity index (χ1n) is 15.7. The molecule has 0 N–H and O–H groups in total. The smallest absolute Gasteiger partial charge is 0.790 e. The van der Waals surface area contributed by atoms with Gasteiger partial charge in [-0.25, -0.2) is 32.0 Å². The maximum Gasteiger partial charge on any atom is 1.00 e. The van der Waals surface area contributed by atoms with Gasteiger partial charge in [0.15, 0.2) is 11.9 Å². The van der Waals surface area contributed by atoms with Gasteiger partial charge in [0.25, 0.3) is 0 Å². The molecular weight excluding hydrogens is 789 g/mol. The van der Waals surface area contributed by atoms with E-state index in [0.29, 0.717) is 6.07 Å². The van der Waals surface area contributed by atoms with Gasteiger partial charge in [-0.1, -0.05) is 24.3 Å². The summed E-state index contributed by atoms with van der Waals surface area (Å²) in [5.74, 6) is -4.59. The number of esters is 1. The van der Waals surface area contributed by atoms with Crippen LogP contribution in [-0.2, 0) is 42.1 Å². The number of benzene rings is 3. The Kier molecular flexibility index (Phi) is 18.0. The Balaban J connectivity index is 0.00000406. The third kappa shape index (κ3) is 12.9. The summed E-state index contributed by atoms with van der Waals surface area (Å²) < 4.78 is 92.8. The maximum absolute atomic E-state index is 15.8. The number of halogens is 4. The van der Waals surface area contributed by atoms with E-state index >= 15 is 4.39 Å². The second-order valence-electron chi connectivity index (χ2n) is 11.5. The molecule has 0 amide bonds. The molecule has 1 fully saturated rings. The van der Waals surface area contributed by atoms with Crippen molar-refractivity contribution in [3.8, 4) is 6.07 Å². The van der Waals surface area contributed by atoms with Gasteiger partial charge in [0, 0.05) is 22.4 Å². The predicted molar refractivity (Wildman–Crippen MR) is 178 cm³/mol. The summed E-state index contributed by atoms with van der Waals surface area (Å²) >= 11 is 1.19. The molecule has 0 unspecified atom stereocenters. The summed E-state index contributed by atoms with van der Waals surface area (Å²) in [4.78, 5) is 40.2. The van der Waals surface area contributed by atoms with Crippen molar-refractivity contribution in [1.29, 1.82) is 5.26 Å². The topological polar surface area (TPSA) is 172 Å². The van der Waals surface area contributed by atoms with E-state index in [-0.39, 0.29) is 101 Å². The van der Waals surface area contributed by atoms with Crippen molar-refractivity contribution in [2.24, 2.45) is 0 Å². The third-order valence-electron chi connectivity index (χ3n) is 7.92. The maximum atomic E-state index is 15.8. The molecule has 1 aliphatic heterocycles. The first-order valence-corrected chi connectivity index (χ1v) is 18.1. The van der Waals surface area contributed by atoms with Crippen LogP contribution in [0.15, 0.2) is 85.5 Å². The number of nitriles is 1. The molecule has 4 aromatic rings. The number of hydrogen-bond acceptors (Lipinski definition) is 12. The van der Waals surface area contributed by atoms with Crippen molar-refractivity contribution < 1.29 is 115 Å². The van der Waals surface area contributed by atoms with E-state index in [1.54, 1.807) is 25.2 Å². The number of thioether (sulfide) groups is 1. The summed E-state index contributed by atoms with van der Waals surface area (Å²) in [6.07, 6.45) is 7.97. The van der Waals surface area contributed by atoms with Crippen molar-refractivity contribution in [2.75, 3.05) is 13.2 Å². The fourth-order valence-electron chi connectivity index (χ4n) is 5.38. The van der Waals surface area contributed by atoms with Crippen molar-refractivity contribution in [3.05, 3.63) is 137 Å². The number of phosphoric acid groups is 1. The van der Waals surface area contributed by atoms with E-state index in [4.69, 9.17) is 19.5 Å². The van der Waals surface area contributed by atoms with E-state index in [1.807, 2.05) is 6.07 Å². The van der Waals surface area contributed by atoms with Crippen molar-refractivity contribution in [2.45, 2.75) is 42.5 Å². The van der Waals surface area contributed by atoms with Crippen LogP contribution < -0.4 is 68.9 Å². The van der Waals surface area contributed by atoms with E-state index in [2.05, 4.69) is 14.6 Å². The number of aromatic nitrogens is 3. The molecule has 3 aromatic carbocycles. The Labute approximate surface area is 361 Å². The molecule has 1 aromatic heterocycles. The second-order valence-corrected chi connectivity index (χ2v) is 14.3. The molecule has 0 saturated carbocycles. The van der Waals surface area contributed by atoms with Crippen molar-refractivity contribution in [3.63, 3.8) is 0 Å². The SMILES string of the molecule is C[C@@H](SC1COC(/C=C/C=C/c2ccc(C#N)cc2F)OC1)[C@@](Cn1cncn1)(OC(=O)c1ccc(F)cc1COP(=O)([O-])[O-])c1ccc(F)cc1F.[Na+].[Na+]. The van der Waals surface area contributed by atoms with Gasteiger partial charge >= 0.3 is 65.1 Å². The minimum absolute atomic E-state index is 0. The summed E-state index contributed by atoms with van der Waals surface area (Å²) in [6, 6.07) is 11.3. The van der Waals surface area contributed by atoms with Crippen LogP contribution in [-0.4, -0.2) is 50.7 Å². The molecule has 12 nitrogen and oxygen atoms in total. The zero-order valence-corrected chi connectivity index (χ0v) is 35.4. The summed E-state index contributed by atoms with van der Waals surface area (Å²) in [6.45, 7) is 0.496. The zero-order valence-electron chi connectivity index (χ0n) is 29.6. The van der Waals surface area contributed by atoms with Crippen LogP contribution in [0, 0.1) is 34.6 Å². The Morgan fingerprint density at radius 2 is 1.78 bits per heavy atom. The minimum atomic E-state index is -5.54. The molecule has 1 saturated heterocycles. The number of carbonyl (C=O) groups excluding carboxylic acids is 1. The van der Waals surface area contributed by atoms with Crippen molar-refractivity contribution in [1.82, 2.24) is 14.8 Å². The standard InChI is InChI=1S/C35H31F4N4O8PS.2Na/c1-22(53-28-17-48-33(49-18-28)5-3-2-4-24-7-6-23(15-40)12-31(24)38)35(19-43-21-41-20-42-43,30-11-9-27(37)14-32(30)39)51-34(44)29-10-8-26(36)13-25(29)16-50-52(45,46)47;;/h2-14,20-22,28,33H,16-19H2,1H3,(H2,45,46,47);;/q;2*+1/p-2/b4-2+,5-3+;;/t22-,28?,33?,35-;;/m1../s1. The van der Waals surface area contributed by atoms with Gasteiger partial charge in [-0.3, -0.25) is 0 Å². The summed E-state index contributed by atoms with van der Waals surface area (Å²) in [5, 5.41) is 11.7. The van der Waals surface area contributed by atoms with Crippen LogP contribution in [0.1, 0.15) is 39.5 Å². The molecule has 20 heteroatoms. The largest absolute Gasteiger partial charge is 1.00 e. The van der Waals surface area contributed by atoms with Crippen LogP contribution in [0.2, 0.25) is 0 Å². The summed E-state index contributed by atoms with van der Waals surface area (Å²) in [7, 11) is -5.54. The fraction of sp³-hybridized carbons (Fsp3) is 0.257. The van der Waals surface area contributed by atoms with Crippen LogP contribution in [0.3, 0.4) is 0 Å². The molecule has 0 aliphatic carbocycles. The van der Waals surface area contributed by atoms with Gasteiger partial charge in [-0.2, -0.15) is 10.4 Å². The van der Waals surface area contributed by atoms with Gasteiger partial charge in [0.05, 0.1) is 56.6 Å². The van der Waals surface area contributed by atoms with Crippen LogP contribution in [0.4, 0.5) is 17.6 Å². The molecule has 2 atom stereocenters. The van der Waals surface area contributed by atoms with Gasteiger partial charge < -0.3 is 33.1 Å². The molecule has 2 heterocycles. The molecule has 5 rings (SSSR count). The van der Waals surface area contributed by atoms with Crippen LogP contribution >= 0.6 is 19.6 Å². The number of ether oxygens (including phenoxy) is 3. The molecule has 0 bridgehead atoms. The number of phosphoric ester groups is 1. The second kappa shape index (κ2) is 21.2. The average molecular weight is 819 g/mol. The number of allylic oxidation sites excluding steroid dienone is 2. The Morgan fingerprint density at radius 3 is 2.42 bits per heavy atom. The predicted octanol–water partition coefficient (Wildman–Crippen LogP) is -1.06. The molecular formula is C35H29F4N4Na2O8PS. The van der Waals surface area contributed by atoms with Crippen LogP contribution in [0.5, 0.6) is 0 Å². The molecule has 1 aliphatic rings. The molecule has 0 spiro atoms. The quantitative estimate of drug-likeness (QED) is 0.0498. The zero-order chi connectivity index (χ0) is 38.2. The van der Waals surface area contributed by atoms with Gasteiger partial charge in [0.2, 0.25) is 0 Å². The molecule has 278 valence electrons.